The second-order valence-electron chi connectivity index (χ2n) is 4.92. The SMILES string of the molecule is N#CCCN(CCCOc1ccccc1N)C1CC1. The fourth-order valence-corrected chi connectivity index (χ4v) is 2.17. The summed E-state index contributed by atoms with van der Waals surface area (Å²) in [7, 11) is 0. The first-order valence-corrected chi connectivity index (χ1v) is 6.89. The van der Waals surface area contributed by atoms with E-state index in [1.165, 1.54) is 12.8 Å². The molecule has 0 amide bonds. The molecule has 0 atom stereocenters. The third-order valence-electron chi connectivity index (χ3n) is 3.34. The molecule has 4 nitrogen and oxygen atoms in total. The number of hydrogen-bond acceptors (Lipinski definition) is 4. The van der Waals surface area contributed by atoms with Crippen LogP contribution in [0.25, 0.3) is 0 Å². The van der Waals surface area contributed by atoms with E-state index in [1.54, 1.807) is 0 Å². The predicted octanol–water partition coefficient (Wildman–Crippen LogP) is 2.42. The third kappa shape index (κ3) is 4.46. The Kier molecular flexibility index (Phi) is 5.05. The molecule has 19 heavy (non-hydrogen) atoms. The van der Waals surface area contributed by atoms with Gasteiger partial charge in [0.25, 0.3) is 0 Å². The highest BCUT2D eigenvalue weighted by molar-refractivity contribution is 5.51. The van der Waals surface area contributed by atoms with Crippen LogP contribution in [0.2, 0.25) is 0 Å². The van der Waals surface area contributed by atoms with Crippen LogP contribution in [0.4, 0.5) is 5.69 Å². The van der Waals surface area contributed by atoms with E-state index < -0.39 is 0 Å². The van der Waals surface area contributed by atoms with E-state index in [9.17, 15) is 0 Å². The van der Waals surface area contributed by atoms with Crippen molar-refractivity contribution >= 4 is 5.69 Å². The molecule has 0 heterocycles. The number of anilines is 1. The van der Waals surface area contributed by atoms with Crippen LogP contribution in [-0.4, -0.2) is 30.6 Å². The Balaban J connectivity index is 1.68. The quantitative estimate of drug-likeness (QED) is 0.575. The number of nitrogens with two attached hydrogens (primary N) is 1. The van der Waals surface area contributed by atoms with Gasteiger partial charge in [-0.05, 0) is 31.4 Å². The van der Waals surface area contributed by atoms with Gasteiger partial charge in [-0.15, -0.1) is 0 Å². The van der Waals surface area contributed by atoms with Gasteiger partial charge >= 0.3 is 0 Å². The van der Waals surface area contributed by atoms with Crippen LogP contribution in [0.5, 0.6) is 5.75 Å². The summed E-state index contributed by atoms with van der Waals surface area (Å²) in [5, 5.41) is 8.65. The molecule has 0 bridgehead atoms. The van der Waals surface area contributed by atoms with Gasteiger partial charge in [0.05, 0.1) is 18.4 Å². The normalized spacial score (nSPS) is 14.3. The maximum Gasteiger partial charge on any atom is 0.142 e. The maximum absolute atomic E-state index is 8.65. The maximum atomic E-state index is 8.65. The number of para-hydroxylation sites is 2. The minimum atomic E-state index is 0.614. The zero-order valence-corrected chi connectivity index (χ0v) is 11.2. The molecule has 1 fully saturated rings. The number of rotatable bonds is 8. The van der Waals surface area contributed by atoms with Crippen molar-refractivity contribution in [3.63, 3.8) is 0 Å². The molecule has 0 saturated heterocycles. The van der Waals surface area contributed by atoms with Crippen LogP contribution in [0, 0.1) is 11.3 Å². The zero-order chi connectivity index (χ0) is 13.5. The molecule has 0 radical (unpaired) electrons. The van der Waals surface area contributed by atoms with Crippen LogP contribution in [0.1, 0.15) is 25.7 Å². The molecule has 2 N–H and O–H groups in total. The molecule has 1 aromatic carbocycles. The first-order chi connectivity index (χ1) is 9.31. The number of nitrogen functional groups attached to an aromatic ring is 1. The van der Waals surface area contributed by atoms with Gasteiger partial charge < -0.3 is 10.5 Å². The summed E-state index contributed by atoms with van der Waals surface area (Å²) >= 11 is 0. The second-order valence-corrected chi connectivity index (χ2v) is 4.92. The Morgan fingerprint density at radius 1 is 1.32 bits per heavy atom. The summed E-state index contributed by atoms with van der Waals surface area (Å²) in [5.74, 6) is 0.762. The van der Waals surface area contributed by atoms with Gasteiger partial charge in [-0.2, -0.15) is 5.26 Å². The molecule has 1 aromatic rings. The molecule has 4 heteroatoms. The molecule has 1 saturated carbocycles. The third-order valence-corrected chi connectivity index (χ3v) is 3.34. The van der Waals surface area contributed by atoms with E-state index in [0.29, 0.717) is 24.8 Å². The molecule has 1 aliphatic carbocycles. The minimum absolute atomic E-state index is 0.614. The van der Waals surface area contributed by atoms with Gasteiger partial charge in [0.1, 0.15) is 5.75 Å². The van der Waals surface area contributed by atoms with Crippen LogP contribution < -0.4 is 10.5 Å². The summed E-state index contributed by atoms with van der Waals surface area (Å²) in [6.07, 6.45) is 4.13. The monoisotopic (exact) mass is 259 g/mol. The Morgan fingerprint density at radius 2 is 2.11 bits per heavy atom. The highest BCUT2D eigenvalue weighted by Crippen LogP contribution is 2.27. The molecule has 0 aromatic heterocycles. The summed E-state index contributed by atoms with van der Waals surface area (Å²) < 4.78 is 5.68. The van der Waals surface area contributed by atoms with Crippen molar-refractivity contribution in [3.8, 4) is 11.8 Å². The van der Waals surface area contributed by atoms with E-state index in [1.807, 2.05) is 24.3 Å². The molecular weight excluding hydrogens is 238 g/mol. The largest absolute Gasteiger partial charge is 0.491 e. The minimum Gasteiger partial charge on any atom is -0.491 e. The second kappa shape index (κ2) is 7.01. The molecule has 0 spiro atoms. The Bertz CT molecular complexity index is 437. The molecular formula is C15H21N3O. The molecule has 102 valence electrons. The van der Waals surface area contributed by atoms with Crippen molar-refractivity contribution in [2.75, 3.05) is 25.4 Å². The van der Waals surface area contributed by atoms with Crippen LogP contribution in [0.15, 0.2) is 24.3 Å². The van der Waals surface area contributed by atoms with E-state index in [2.05, 4.69) is 11.0 Å². The summed E-state index contributed by atoms with van der Waals surface area (Å²) in [6, 6.07) is 10.5. The first kappa shape index (κ1) is 13.7. The Morgan fingerprint density at radius 3 is 2.79 bits per heavy atom. The van der Waals surface area contributed by atoms with E-state index in [-0.39, 0.29) is 0 Å². The van der Waals surface area contributed by atoms with E-state index in [4.69, 9.17) is 15.7 Å². The van der Waals surface area contributed by atoms with Crippen LogP contribution in [-0.2, 0) is 0 Å². The molecule has 0 aliphatic heterocycles. The standard InChI is InChI=1S/C15H21N3O/c16-9-3-10-18(13-7-8-13)11-4-12-19-15-6-2-1-5-14(15)17/h1-2,5-6,13H,3-4,7-8,10-12,17H2. The Hall–Kier alpha value is -1.73. The lowest BCUT2D eigenvalue weighted by Crippen LogP contribution is -2.29. The smallest absolute Gasteiger partial charge is 0.142 e. The highest BCUT2D eigenvalue weighted by atomic mass is 16.5. The topological polar surface area (TPSA) is 62.3 Å². The fourth-order valence-electron chi connectivity index (χ4n) is 2.17. The molecule has 2 rings (SSSR count). The van der Waals surface area contributed by atoms with Crippen molar-refractivity contribution in [1.82, 2.24) is 4.90 Å². The van der Waals surface area contributed by atoms with Crippen molar-refractivity contribution in [1.29, 1.82) is 5.26 Å². The number of hydrogen-bond donors (Lipinski definition) is 1. The van der Waals surface area contributed by atoms with Crippen molar-refractivity contribution in [2.45, 2.75) is 31.7 Å². The molecule has 0 unspecified atom stereocenters. The highest BCUT2D eigenvalue weighted by Gasteiger charge is 2.27. The van der Waals surface area contributed by atoms with Gasteiger partial charge in [0.15, 0.2) is 0 Å². The van der Waals surface area contributed by atoms with E-state index in [0.717, 1.165) is 25.3 Å². The lowest BCUT2D eigenvalue weighted by molar-refractivity contribution is 0.231. The summed E-state index contributed by atoms with van der Waals surface area (Å²) in [4.78, 5) is 2.40. The average Bonchev–Trinajstić information content (AvgIpc) is 3.24. The van der Waals surface area contributed by atoms with Gasteiger partial charge in [-0.25, -0.2) is 0 Å². The summed E-state index contributed by atoms with van der Waals surface area (Å²) in [6.45, 7) is 2.55. The number of ether oxygens (including phenoxy) is 1. The molecule has 1 aliphatic rings. The van der Waals surface area contributed by atoms with Gasteiger partial charge in [0, 0.05) is 25.6 Å². The van der Waals surface area contributed by atoms with Crippen molar-refractivity contribution < 1.29 is 4.74 Å². The Labute approximate surface area is 114 Å². The van der Waals surface area contributed by atoms with Crippen molar-refractivity contribution in [3.05, 3.63) is 24.3 Å². The number of benzene rings is 1. The predicted molar refractivity (Wildman–Crippen MR) is 75.8 cm³/mol. The number of nitriles is 1. The lowest BCUT2D eigenvalue weighted by Gasteiger charge is -2.20. The zero-order valence-electron chi connectivity index (χ0n) is 11.2. The first-order valence-electron chi connectivity index (χ1n) is 6.89. The van der Waals surface area contributed by atoms with Gasteiger partial charge in [-0.1, -0.05) is 12.1 Å². The van der Waals surface area contributed by atoms with E-state index >= 15 is 0 Å². The average molecular weight is 259 g/mol. The van der Waals surface area contributed by atoms with Gasteiger partial charge in [-0.3, -0.25) is 4.90 Å². The lowest BCUT2D eigenvalue weighted by atomic mass is 10.3. The van der Waals surface area contributed by atoms with Crippen LogP contribution >= 0.6 is 0 Å². The summed E-state index contributed by atoms with van der Waals surface area (Å²) in [5.41, 5.74) is 6.50. The van der Waals surface area contributed by atoms with Gasteiger partial charge in [0.2, 0.25) is 0 Å². The van der Waals surface area contributed by atoms with Crippen LogP contribution in [0.3, 0.4) is 0 Å². The fraction of sp³-hybridized carbons (Fsp3) is 0.533. The number of nitrogens with zero attached hydrogens (tertiary/aromatic N) is 2. The van der Waals surface area contributed by atoms with Crippen molar-refractivity contribution in [2.24, 2.45) is 0 Å².